The second-order valence-corrected chi connectivity index (χ2v) is 6.95. The molecule has 8 heteroatoms. The van der Waals surface area contributed by atoms with Crippen LogP contribution in [0, 0.1) is 12.7 Å². The molecule has 1 fully saturated rings. The molecule has 1 aliphatic rings. The largest absolute Gasteiger partial charge is 0.506 e. The van der Waals surface area contributed by atoms with Crippen LogP contribution >= 0.6 is 11.8 Å². The van der Waals surface area contributed by atoms with Crippen molar-refractivity contribution >= 4 is 40.2 Å². The van der Waals surface area contributed by atoms with E-state index in [4.69, 9.17) is 0 Å². The standard InChI is InChI=1S/C18H15FN2O4S/c1-10-2-7-14(22)13(8-10)20-16(23)9-15-17(24)21(18(25)26-15)12-5-3-11(19)4-6-12/h2-8,15,22H,9H2,1H3,(H,20,23). The highest BCUT2D eigenvalue weighted by Crippen LogP contribution is 2.34. The van der Waals surface area contributed by atoms with E-state index in [1.165, 1.54) is 18.2 Å². The number of carbonyl (C=O) groups excluding carboxylic acids is 3. The van der Waals surface area contributed by atoms with Gasteiger partial charge in [0, 0.05) is 6.42 Å². The van der Waals surface area contributed by atoms with Crippen LogP contribution in [0.4, 0.5) is 20.6 Å². The predicted octanol–water partition coefficient (Wildman–Crippen LogP) is 3.44. The molecule has 1 heterocycles. The molecule has 1 saturated heterocycles. The van der Waals surface area contributed by atoms with Crippen LogP contribution in [0.2, 0.25) is 0 Å². The normalized spacial score (nSPS) is 16.8. The Kier molecular flexibility index (Phi) is 4.94. The van der Waals surface area contributed by atoms with Crippen LogP contribution < -0.4 is 10.2 Å². The summed E-state index contributed by atoms with van der Waals surface area (Å²) in [6.07, 6.45) is -0.222. The van der Waals surface area contributed by atoms with Gasteiger partial charge in [0.05, 0.1) is 11.4 Å². The topological polar surface area (TPSA) is 86.7 Å². The lowest BCUT2D eigenvalue weighted by Gasteiger charge is -2.14. The van der Waals surface area contributed by atoms with Gasteiger partial charge in [-0.3, -0.25) is 14.4 Å². The molecule has 6 nitrogen and oxygen atoms in total. The van der Waals surface area contributed by atoms with Crippen LogP contribution in [-0.2, 0) is 9.59 Å². The second-order valence-electron chi connectivity index (χ2n) is 5.80. The number of aryl methyl sites for hydroxylation is 1. The minimum absolute atomic E-state index is 0.0848. The first-order valence-corrected chi connectivity index (χ1v) is 8.63. The quantitative estimate of drug-likeness (QED) is 0.801. The molecule has 0 bridgehead atoms. The number of nitrogens with one attached hydrogen (secondary N) is 1. The van der Waals surface area contributed by atoms with Gasteiger partial charge in [0.25, 0.3) is 5.24 Å². The molecule has 1 unspecified atom stereocenters. The molecule has 2 N–H and O–H groups in total. The van der Waals surface area contributed by atoms with Gasteiger partial charge in [0.2, 0.25) is 11.8 Å². The lowest BCUT2D eigenvalue weighted by Crippen LogP contribution is -2.32. The Balaban J connectivity index is 1.69. The summed E-state index contributed by atoms with van der Waals surface area (Å²) in [5.41, 5.74) is 1.35. The predicted molar refractivity (Wildman–Crippen MR) is 96.8 cm³/mol. The number of phenols is 1. The lowest BCUT2D eigenvalue weighted by atomic mass is 10.2. The Labute approximate surface area is 153 Å². The number of thioether (sulfide) groups is 1. The molecule has 0 saturated carbocycles. The van der Waals surface area contributed by atoms with Crippen molar-refractivity contribution in [3.8, 4) is 5.75 Å². The summed E-state index contributed by atoms with van der Waals surface area (Å²) in [5, 5.41) is 10.9. The zero-order chi connectivity index (χ0) is 18.8. The van der Waals surface area contributed by atoms with E-state index in [-0.39, 0.29) is 23.5 Å². The molecule has 0 radical (unpaired) electrons. The highest BCUT2D eigenvalue weighted by atomic mass is 32.2. The number of phenolic OH excluding ortho intramolecular Hbond substituents is 1. The van der Waals surface area contributed by atoms with Crippen molar-refractivity contribution in [2.24, 2.45) is 0 Å². The van der Waals surface area contributed by atoms with Crippen LogP contribution in [0.25, 0.3) is 0 Å². The maximum atomic E-state index is 13.0. The number of imide groups is 1. The molecule has 0 aliphatic carbocycles. The molecule has 2 aromatic rings. The fourth-order valence-corrected chi connectivity index (χ4v) is 3.52. The van der Waals surface area contributed by atoms with Gasteiger partial charge in [0.15, 0.2) is 0 Å². The smallest absolute Gasteiger partial charge is 0.293 e. The molecule has 2 aromatic carbocycles. The van der Waals surface area contributed by atoms with E-state index in [1.807, 2.05) is 6.92 Å². The summed E-state index contributed by atoms with van der Waals surface area (Å²) in [4.78, 5) is 37.7. The SMILES string of the molecule is Cc1ccc(O)c(NC(=O)CC2SC(=O)N(c3ccc(F)cc3)C2=O)c1. The molecular formula is C18H15FN2O4S. The second kappa shape index (κ2) is 7.17. The summed E-state index contributed by atoms with van der Waals surface area (Å²) < 4.78 is 13.0. The molecule has 3 amide bonds. The Morgan fingerprint density at radius 2 is 1.92 bits per heavy atom. The van der Waals surface area contributed by atoms with Gasteiger partial charge in [0.1, 0.15) is 16.8 Å². The first kappa shape index (κ1) is 17.9. The maximum Gasteiger partial charge on any atom is 0.293 e. The highest BCUT2D eigenvalue weighted by Gasteiger charge is 2.41. The number of amides is 3. The summed E-state index contributed by atoms with van der Waals surface area (Å²) in [5.74, 6) is -1.59. The van der Waals surface area contributed by atoms with E-state index in [2.05, 4.69) is 5.32 Å². The number of aromatic hydroxyl groups is 1. The third-order valence-corrected chi connectivity index (χ3v) is 4.84. The number of anilines is 2. The average molecular weight is 374 g/mol. The van der Waals surface area contributed by atoms with Gasteiger partial charge in [-0.15, -0.1) is 0 Å². The first-order chi connectivity index (χ1) is 12.3. The van der Waals surface area contributed by atoms with Crippen LogP contribution in [-0.4, -0.2) is 27.4 Å². The fourth-order valence-electron chi connectivity index (χ4n) is 2.53. The number of hydrogen-bond acceptors (Lipinski definition) is 5. The van der Waals surface area contributed by atoms with E-state index >= 15 is 0 Å². The van der Waals surface area contributed by atoms with Crippen LogP contribution in [0.15, 0.2) is 42.5 Å². The lowest BCUT2D eigenvalue weighted by molar-refractivity contribution is -0.121. The molecule has 134 valence electrons. The Morgan fingerprint density at radius 3 is 2.62 bits per heavy atom. The number of halogens is 1. The first-order valence-electron chi connectivity index (χ1n) is 7.75. The molecule has 0 spiro atoms. The molecular weight excluding hydrogens is 359 g/mol. The van der Waals surface area contributed by atoms with Gasteiger partial charge in [-0.25, -0.2) is 9.29 Å². The Bertz CT molecular complexity index is 885. The molecule has 0 aromatic heterocycles. The van der Waals surface area contributed by atoms with E-state index in [0.29, 0.717) is 0 Å². The van der Waals surface area contributed by atoms with Gasteiger partial charge in [-0.05, 0) is 60.6 Å². The summed E-state index contributed by atoms with van der Waals surface area (Å²) in [6, 6.07) is 9.73. The molecule has 3 rings (SSSR count). The molecule has 1 atom stereocenters. The van der Waals surface area contributed by atoms with Crippen molar-refractivity contribution in [1.29, 1.82) is 0 Å². The number of carbonyl (C=O) groups is 3. The van der Waals surface area contributed by atoms with Crippen molar-refractivity contribution in [1.82, 2.24) is 0 Å². The summed E-state index contributed by atoms with van der Waals surface area (Å²) >= 11 is 0.747. The highest BCUT2D eigenvalue weighted by molar-refractivity contribution is 8.15. The average Bonchev–Trinajstić information content (AvgIpc) is 2.86. The Hall–Kier alpha value is -2.87. The van der Waals surface area contributed by atoms with Crippen molar-refractivity contribution < 1.29 is 23.9 Å². The molecule has 1 aliphatic heterocycles. The Morgan fingerprint density at radius 1 is 1.23 bits per heavy atom. The number of hydrogen-bond donors (Lipinski definition) is 2. The minimum Gasteiger partial charge on any atom is -0.506 e. The summed E-state index contributed by atoms with van der Waals surface area (Å²) in [7, 11) is 0. The van der Waals surface area contributed by atoms with Gasteiger partial charge in [-0.2, -0.15) is 0 Å². The van der Waals surface area contributed by atoms with Gasteiger partial charge >= 0.3 is 0 Å². The zero-order valence-electron chi connectivity index (χ0n) is 13.7. The van der Waals surface area contributed by atoms with Crippen molar-refractivity contribution in [3.05, 3.63) is 53.8 Å². The van der Waals surface area contributed by atoms with E-state index in [1.54, 1.807) is 12.1 Å². The van der Waals surface area contributed by atoms with Gasteiger partial charge in [-0.1, -0.05) is 6.07 Å². The number of rotatable bonds is 4. The van der Waals surface area contributed by atoms with Crippen molar-refractivity contribution in [2.45, 2.75) is 18.6 Å². The fraction of sp³-hybridized carbons (Fsp3) is 0.167. The third-order valence-electron chi connectivity index (χ3n) is 3.80. The number of nitrogens with zero attached hydrogens (tertiary/aromatic N) is 1. The van der Waals surface area contributed by atoms with Gasteiger partial charge < -0.3 is 10.4 Å². The number of benzene rings is 2. The van der Waals surface area contributed by atoms with E-state index in [0.717, 1.165) is 34.4 Å². The van der Waals surface area contributed by atoms with Crippen LogP contribution in [0.5, 0.6) is 5.75 Å². The van der Waals surface area contributed by atoms with Crippen LogP contribution in [0.1, 0.15) is 12.0 Å². The van der Waals surface area contributed by atoms with Crippen molar-refractivity contribution in [3.63, 3.8) is 0 Å². The minimum atomic E-state index is -0.875. The molecule has 26 heavy (non-hydrogen) atoms. The van der Waals surface area contributed by atoms with E-state index < -0.39 is 28.1 Å². The van der Waals surface area contributed by atoms with Crippen LogP contribution in [0.3, 0.4) is 0 Å². The summed E-state index contributed by atoms with van der Waals surface area (Å²) in [6.45, 7) is 1.81. The zero-order valence-corrected chi connectivity index (χ0v) is 14.5. The van der Waals surface area contributed by atoms with Crippen molar-refractivity contribution in [2.75, 3.05) is 10.2 Å². The third kappa shape index (κ3) is 3.70. The van der Waals surface area contributed by atoms with E-state index in [9.17, 15) is 23.9 Å². The maximum absolute atomic E-state index is 13.0. The monoisotopic (exact) mass is 374 g/mol.